The average Bonchev–Trinajstić information content (AvgIpc) is 2.54. The summed E-state index contributed by atoms with van der Waals surface area (Å²) in [4.78, 5) is 24.4. The van der Waals surface area contributed by atoms with Crippen molar-refractivity contribution in [2.45, 2.75) is 50.5 Å². The van der Waals surface area contributed by atoms with E-state index in [1.54, 1.807) is 0 Å². The van der Waals surface area contributed by atoms with Gasteiger partial charge in [0.25, 0.3) is 0 Å². The summed E-state index contributed by atoms with van der Waals surface area (Å²) in [5.41, 5.74) is 5.87. The van der Waals surface area contributed by atoms with Crippen LogP contribution in [0.25, 0.3) is 11.0 Å². The van der Waals surface area contributed by atoms with Crippen molar-refractivity contribution in [2.24, 2.45) is 5.73 Å². The number of hydrogen-bond donors (Lipinski definition) is 1. The first-order valence-electron chi connectivity index (χ1n) is 8.02. The summed E-state index contributed by atoms with van der Waals surface area (Å²) in [6.07, 6.45) is 6.11. The summed E-state index contributed by atoms with van der Waals surface area (Å²) in [5.74, 6) is -0.719. The van der Waals surface area contributed by atoms with Gasteiger partial charge in [0.2, 0.25) is 0 Å². The van der Waals surface area contributed by atoms with Crippen LogP contribution in [0.1, 0.15) is 55.5 Å². The maximum absolute atomic E-state index is 13.2. The number of rotatable bonds is 4. The molecule has 0 atom stereocenters. The van der Waals surface area contributed by atoms with Crippen LogP contribution in [0.4, 0.5) is 4.39 Å². The Labute approximate surface area is 133 Å². The SMILES string of the molecule is NC1(CCC(=O)c2cc(=O)c3cc(F)ccc3o2)CCCCC1. The second-order valence-corrected chi connectivity index (χ2v) is 6.46. The van der Waals surface area contributed by atoms with Crippen LogP contribution in [0.5, 0.6) is 0 Å². The summed E-state index contributed by atoms with van der Waals surface area (Å²) < 4.78 is 18.7. The van der Waals surface area contributed by atoms with Crippen molar-refractivity contribution in [3.8, 4) is 0 Å². The molecule has 1 aromatic heterocycles. The normalized spacial score (nSPS) is 17.3. The molecule has 122 valence electrons. The Hall–Kier alpha value is -2.01. The van der Waals surface area contributed by atoms with Crippen molar-refractivity contribution >= 4 is 16.8 Å². The highest BCUT2D eigenvalue weighted by Gasteiger charge is 2.28. The second-order valence-electron chi connectivity index (χ2n) is 6.46. The molecule has 1 heterocycles. The van der Waals surface area contributed by atoms with E-state index in [4.69, 9.17) is 10.2 Å². The van der Waals surface area contributed by atoms with Gasteiger partial charge in [-0.3, -0.25) is 9.59 Å². The van der Waals surface area contributed by atoms with E-state index in [-0.39, 0.29) is 34.5 Å². The predicted molar refractivity (Wildman–Crippen MR) is 86.0 cm³/mol. The van der Waals surface area contributed by atoms with E-state index in [0.717, 1.165) is 37.8 Å². The van der Waals surface area contributed by atoms with Crippen LogP contribution in [0.2, 0.25) is 0 Å². The molecule has 4 nitrogen and oxygen atoms in total. The highest BCUT2D eigenvalue weighted by atomic mass is 19.1. The first-order valence-corrected chi connectivity index (χ1v) is 8.02. The lowest BCUT2D eigenvalue weighted by atomic mass is 9.79. The second kappa shape index (κ2) is 6.24. The molecule has 1 saturated carbocycles. The highest BCUT2D eigenvalue weighted by molar-refractivity contribution is 5.94. The van der Waals surface area contributed by atoms with Crippen molar-refractivity contribution in [3.05, 3.63) is 46.1 Å². The first-order chi connectivity index (χ1) is 11.0. The van der Waals surface area contributed by atoms with Gasteiger partial charge < -0.3 is 10.2 Å². The standard InChI is InChI=1S/C18H20FNO3/c19-12-4-5-16-13(10-12)15(22)11-17(23-16)14(21)6-9-18(20)7-2-1-3-8-18/h4-5,10-11H,1-3,6-9,20H2. The fraction of sp³-hybridized carbons (Fsp3) is 0.444. The molecular formula is C18H20FNO3. The molecule has 0 amide bonds. The maximum atomic E-state index is 13.2. The molecule has 5 heteroatoms. The third-order valence-electron chi connectivity index (χ3n) is 4.66. The number of halogens is 1. The average molecular weight is 317 g/mol. The van der Waals surface area contributed by atoms with Crippen molar-refractivity contribution in [1.29, 1.82) is 0 Å². The zero-order valence-electron chi connectivity index (χ0n) is 12.9. The molecule has 0 spiro atoms. The Balaban J connectivity index is 1.78. The van der Waals surface area contributed by atoms with Crippen LogP contribution in [0, 0.1) is 5.82 Å². The summed E-state index contributed by atoms with van der Waals surface area (Å²) >= 11 is 0. The minimum absolute atomic E-state index is 0.0218. The molecule has 0 bridgehead atoms. The molecule has 1 aliphatic rings. The fourth-order valence-electron chi connectivity index (χ4n) is 3.26. The van der Waals surface area contributed by atoms with Crippen LogP contribution in [-0.2, 0) is 0 Å². The third-order valence-corrected chi connectivity index (χ3v) is 4.66. The minimum atomic E-state index is -0.508. The van der Waals surface area contributed by atoms with Crippen LogP contribution in [0.15, 0.2) is 33.5 Å². The van der Waals surface area contributed by atoms with E-state index in [1.165, 1.54) is 18.6 Å². The summed E-state index contributed by atoms with van der Waals surface area (Å²) in [6.45, 7) is 0. The van der Waals surface area contributed by atoms with E-state index in [2.05, 4.69) is 0 Å². The Morgan fingerprint density at radius 3 is 2.70 bits per heavy atom. The highest BCUT2D eigenvalue weighted by Crippen LogP contribution is 2.30. The topological polar surface area (TPSA) is 73.3 Å². The number of carbonyl (C=O) groups excluding carboxylic acids is 1. The molecular weight excluding hydrogens is 297 g/mol. The van der Waals surface area contributed by atoms with Gasteiger partial charge in [-0.1, -0.05) is 19.3 Å². The Morgan fingerprint density at radius 2 is 1.96 bits per heavy atom. The smallest absolute Gasteiger partial charge is 0.198 e. The van der Waals surface area contributed by atoms with Gasteiger partial charge in [0, 0.05) is 18.0 Å². The molecule has 0 saturated heterocycles. The van der Waals surface area contributed by atoms with Crippen LogP contribution >= 0.6 is 0 Å². The number of ketones is 1. The number of benzene rings is 1. The Morgan fingerprint density at radius 1 is 1.22 bits per heavy atom. The minimum Gasteiger partial charge on any atom is -0.453 e. The fourth-order valence-corrected chi connectivity index (χ4v) is 3.26. The van der Waals surface area contributed by atoms with Crippen LogP contribution in [0.3, 0.4) is 0 Å². The van der Waals surface area contributed by atoms with Gasteiger partial charge in [0.1, 0.15) is 11.4 Å². The van der Waals surface area contributed by atoms with E-state index < -0.39 is 11.2 Å². The number of nitrogens with two attached hydrogens (primary N) is 1. The van der Waals surface area contributed by atoms with Gasteiger partial charge in [-0.2, -0.15) is 0 Å². The predicted octanol–water partition coefficient (Wildman–Crippen LogP) is 3.56. The molecule has 3 rings (SSSR count). The lowest BCUT2D eigenvalue weighted by Crippen LogP contribution is -2.42. The first kappa shape index (κ1) is 15.9. The van der Waals surface area contributed by atoms with E-state index in [9.17, 15) is 14.0 Å². The van der Waals surface area contributed by atoms with Crippen molar-refractivity contribution in [2.75, 3.05) is 0 Å². The van der Waals surface area contributed by atoms with E-state index in [1.807, 2.05) is 0 Å². The van der Waals surface area contributed by atoms with Gasteiger partial charge >= 0.3 is 0 Å². The van der Waals surface area contributed by atoms with Crippen LogP contribution in [-0.4, -0.2) is 11.3 Å². The van der Waals surface area contributed by atoms with Gasteiger partial charge in [-0.15, -0.1) is 0 Å². The zero-order chi connectivity index (χ0) is 16.4. The maximum Gasteiger partial charge on any atom is 0.198 e. The molecule has 2 N–H and O–H groups in total. The number of fused-ring (bicyclic) bond motifs is 1. The molecule has 2 aromatic rings. The zero-order valence-corrected chi connectivity index (χ0v) is 12.9. The Kier molecular flexibility index (Phi) is 4.31. The number of Topliss-reactive ketones (excluding diaryl/α,β-unsaturated/α-hetero) is 1. The molecule has 0 aliphatic heterocycles. The monoisotopic (exact) mass is 317 g/mol. The summed E-state index contributed by atoms with van der Waals surface area (Å²) in [7, 11) is 0. The molecule has 1 aliphatic carbocycles. The molecule has 1 fully saturated rings. The van der Waals surface area contributed by atoms with E-state index >= 15 is 0 Å². The largest absolute Gasteiger partial charge is 0.453 e. The molecule has 23 heavy (non-hydrogen) atoms. The van der Waals surface area contributed by atoms with Gasteiger partial charge in [0.05, 0.1) is 5.39 Å². The number of hydrogen-bond acceptors (Lipinski definition) is 4. The van der Waals surface area contributed by atoms with Crippen molar-refractivity contribution in [1.82, 2.24) is 0 Å². The summed E-state index contributed by atoms with van der Waals surface area (Å²) in [5, 5.41) is 0.143. The third kappa shape index (κ3) is 3.50. The Bertz CT molecular complexity index is 790. The number of carbonyl (C=O) groups is 1. The lowest BCUT2D eigenvalue weighted by Gasteiger charge is -2.33. The van der Waals surface area contributed by atoms with Gasteiger partial charge in [-0.05, 0) is 37.5 Å². The summed E-state index contributed by atoms with van der Waals surface area (Å²) in [6, 6.07) is 4.84. The molecule has 0 unspecified atom stereocenters. The van der Waals surface area contributed by atoms with Gasteiger partial charge in [-0.25, -0.2) is 4.39 Å². The lowest BCUT2D eigenvalue weighted by molar-refractivity contribution is 0.0938. The van der Waals surface area contributed by atoms with Crippen molar-refractivity contribution < 1.29 is 13.6 Å². The van der Waals surface area contributed by atoms with E-state index in [0.29, 0.717) is 6.42 Å². The van der Waals surface area contributed by atoms with Crippen molar-refractivity contribution in [3.63, 3.8) is 0 Å². The van der Waals surface area contributed by atoms with Crippen LogP contribution < -0.4 is 11.2 Å². The molecule has 0 radical (unpaired) electrons. The molecule has 1 aromatic carbocycles. The van der Waals surface area contributed by atoms with Gasteiger partial charge in [0.15, 0.2) is 17.0 Å². The quantitative estimate of drug-likeness (QED) is 0.875.